The number of aliphatic carboxylic acids is 1. The Hall–Kier alpha value is -2.88. The van der Waals surface area contributed by atoms with Crippen molar-refractivity contribution in [2.75, 3.05) is 0 Å². The van der Waals surface area contributed by atoms with Crippen LogP contribution in [0.1, 0.15) is 16.7 Å². The maximum Gasteiger partial charge on any atom is 0.329 e. The topological polar surface area (TPSA) is 80.4 Å². The minimum atomic E-state index is -1.20. The molecule has 2 rings (SSSR count). The molecule has 0 saturated carbocycles. The summed E-state index contributed by atoms with van der Waals surface area (Å²) in [5.41, 5.74) is 7.96. The van der Waals surface area contributed by atoms with Gasteiger partial charge in [0.25, 0.3) is 0 Å². The summed E-state index contributed by atoms with van der Waals surface area (Å²) in [6.07, 6.45) is 1.60. The maximum absolute atomic E-state index is 11.3. The van der Waals surface area contributed by atoms with Crippen LogP contribution in [0.15, 0.2) is 60.7 Å². The molecule has 106 valence electrons. The molecule has 4 heteroatoms. The highest BCUT2D eigenvalue weighted by Gasteiger charge is 2.10. The average Bonchev–Trinajstić information content (AvgIpc) is 2.46. The molecule has 0 radical (unpaired) electrons. The van der Waals surface area contributed by atoms with Gasteiger partial charge in [0.2, 0.25) is 5.91 Å². The van der Waals surface area contributed by atoms with Crippen LogP contribution in [0.3, 0.4) is 0 Å². The summed E-state index contributed by atoms with van der Waals surface area (Å²) in [6.45, 7) is 0. The molecule has 0 saturated heterocycles. The first-order valence-electron chi connectivity index (χ1n) is 6.44. The van der Waals surface area contributed by atoms with Gasteiger partial charge >= 0.3 is 5.97 Å². The fourth-order valence-electron chi connectivity index (χ4n) is 2.05. The zero-order valence-corrected chi connectivity index (χ0v) is 11.3. The SMILES string of the molecule is NC(=O)/C(=C\C(=O)O)c1ccc(Cc2ccccc2)cc1. The van der Waals surface area contributed by atoms with E-state index in [-0.39, 0.29) is 5.57 Å². The standard InChI is InChI=1S/C17H15NO3/c18-17(21)15(11-16(19)20)14-8-6-13(7-9-14)10-12-4-2-1-3-5-12/h1-9,11H,10H2,(H2,18,21)(H,19,20)/b15-11-. The normalized spacial score (nSPS) is 11.1. The molecule has 0 spiro atoms. The van der Waals surface area contributed by atoms with Gasteiger partial charge in [0.15, 0.2) is 0 Å². The highest BCUT2D eigenvalue weighted by atomic mass is 16.4. The summed E-state index contributed by atoms with van der Waals surface area (Å²) < 4.78 is 0. The fraction of sp³-hybridized carbons (Fsp3) is 0.0588. The van der Waals surface area contributed by atoms with Crippen molar-refractivity contribution >= 4 is 17.4 Å². The molecular formula is C17H15NO3. The number of benzene rings is 2. The van der Waals surface area contributed by atoms with Crippen LogP contribution in [-0.4, -0.2) is 17.0 Å². The molecule has 0 aliphatic heterocycles. The van der Waals surface area contributed by atoms with Crippen LogP contribution in [0.5, 0.6) is 0 Å². The van der Waals surface area contributed by atoms with Crippen molar-refractivity contribution in [1.82, 2.24) is 0 Å². The van der Waals surface area contributed by atoms with Gasteiger partial charge in [0.05, 0.1) is 5.57 Å². The molecule has 2 aromatic rings. The summed E-state index contributed by atoms with van der Waals surface area (Å²) >= 11 is 0. The highest BCUT2D eigenvalue weighted by molar-refractivity contribution is 6.22. The number of carboxylic acid groups (broad SMARTS) is 1. The molecule has 21 heavy (non-hydrogen) atoms. The van der Waals surface area contributed by atoms with Gasteiger partial charge in [0.1, 0.15) is 0 Å². The van der Waals surface area contributed by atoms with E-state index in [2.05, 4.69) is 0 Å². The van der Waals surface area contributed by atoms with Gasteiger partial charge in [-0.2, -0.15) is 0 Å². The van der Waals surface area contributed by atoms with Crippen LogP contribution in [0.4, 0.5) is 0 Å². The molecule has 0 aliphatic carbocycles. The van der Waals surface area contributed by atoms with Gasteiger partial charge in [-0.15, -0.1) is 0 Å². The minimum Gasteiger partial charge on any atom is -0.478 e. The van der Waals surface area contributed by atoms with Gasteiger partial charge in [-0.1, -0.05) is 54.6 Å². The number of primary amides is 1. The van der Waals surface area contributed by atoms with Crippen molar-refractivity contribution in [2.24, 2.45) is 5.73 Å². The zero-order valence-electron chi connectivity index (χ0n) is 11.3. The number of rotatable bonds is 5. The second-order valence-electron chi connectivity index (χ2n) is 4.62. The van der Waals surface area contributed by atoms with Crippen LogP contribution in [0.2, 0.25) is 0 Å². The Kier molecular flexibility index (Phi) is 4.51. The molecule has 0 fully saturated rings. The van der Waals surface area contributed by atoms with E-state index in [9.17, 15) is 9.59 Å². The van der Waals surface area contributed by atoms with Crippen molar-refractivity contribution in [1.29, 1.82) is 0 Å². The molecule has 0 aromatic heterocycles. The first-order chi connectivity index (χ1) is 10.1. The van der Waals surface area contributed by atoms with Crippen LogP contribution >= 0.6 is 0 Å². The minimum absolute atomic E-state index is 0.00578. The van der Waals surface area contributed by atoms with Gasteiger partial charge in [-0.25, -0.2) is 4.79 Å². The van der Waals surface area contributed by atoms with E-state index in [4.69, 9.17) is 10.8 Å². The predicted octanol–water partition coefficient (Wildman–Crippen LogP) is 2.23. The molecule has 4 nitrogen and oxygen atoms in total. The van der Waals surface area contributed by atoms with E-state index in [0.717, 1.165) is 18.1 Å². The first kappa shape index (κ1) is 14.5. The number of carbonyl (C=O) groups excluding carboxylic acids is 1. The predicted molar refractivity (Wildman–Crippen MR) is 80.5 cm³/mol. The number of amides is 1. The summed E-state index contributed by atoms with van der Waals surface area (Å²) in [5.74, 6) is -1.95. The largest absolute Gasteiger partial charge is 0.478 e. The molecule has 2 aromatic carbocycles. The van der Waals surface area contributed by atoms with E-state index >= 15 is 0 Å². The molecule has 0 unspecified atom stereocenters. The quantitative estimate of drug-likeness (QED) is 0.825. The number of carbonyl (C=O) groups is 2. The summed E-state index contributed by atoms with van der Waals surface area (Å²) in [5, 5.41) is 8.76. The number of hydrogen-bond donors (Lipinski definition) is 2. The number of carboxylic acids is 1. The molecule has 0 aliphatic rings. The van der Waals surface area contributed by atoms with Gasteiger partial charge < -0.3 is 10.8 Å². The number of hydrogen-bond acceptors (Lipinski definition) is 2. The lowest BCUT2D eigenvalue weighted by Gasteiger charge is -2.06. The van der Waals surface area contributed by atoms with E-state index in [1.54, 1.807) is 12.1 Å². The molecule has 0 bridgehead atoms. The summed E-state index contributed by atoms with van der Waals surface area (Å²) in [7, 11) is 0. The Morgan fingerprint density at radius 1 is 0.952 bits per heavy atom. The van der Waals surface area contributed by atoms with Crippen LogP contribution in [-0.2, 0) is 16.0 Å². The molecule has 0 heterocycles. The molecule has 0 atom stereocenters. The number of nitrogens with two attached hydrogens (primary N) is 1. The average molecular weight is 281 g/mol. The van der Waals surface area contributed by atoms with Crippen molar-refractivity contribution in [2.45, 2.75) is 6.42 Å². The lowest BCUT2D eigenvalue weighted by Crippen LogP contribution is -2.14. The highest BCUT2D eigenvalue weighted by Crippen LogP contribution is 2.17. The van der Waals surface area contributed by atoms with E-state index in [1.165, 1.54) is 5.56 Å². The Bertz CT molecular complexity index is 673. The Balaban J connectivity index is 2.22. The van der Waals surface area contributed by atoms with Gasteiger partial charge in [-0.05, 0) is 23.1 Å². The second kappa shape index (κ2) is 6.52. The zero-order chi connectivity index (χ0) is 15.2. The first-order valence-corrected chi connectivity index (χ1v) is 6.44. The molecule has 1 amide bonds. The van der Waals surface area contributed by atoms with Gasteiger partial charge in [0, 0.05) is 6.08 Å². The van der Waals surface area contributed by atoms with E-state index in [1.807, 2.05) is 42.5 Å². The lowest BCUT2D eigenvalue weighted by atomic mass is 10.00. The third-order valence-electron chi connectivity index (χ3n) is 3.05. The Labute approximate surface area is 122 Å². The third-order valence-corrected chi connectivity index (χ3v) is 3.05. The van der Waals surface area contributed by atoms with Gasteiger partial charge in [-0.3, -0.25) is 4.79 Å². The maximum atomic E-state index is 11.3. The second-order valence-corrected chi connectivity index (χ2v) is 4.62. The summed E-state index contributed by atoms with van der Waals surface area (Å²) in [4.78, 5) is 22.0. The van der Waals surface area contributed by atoms with E-state index in [0.29, 0.717) is 5.56 Å². The molecule has 3 N–H and O–H groups in total. The van der Waals surface area contributed by atoms with Crippen molar-refractivity contribution < 1.29 is 14.7 Å². The Morgan fingerprint density at radius 2 is 1.52 bits per heavy atom. The monoisotopic (exact) mass is 281 g/mol. The molecular weight excluding hydrogens is 266 g/mol. The van der Waals surface area contributed by atoms with Crippen molar-refractivity contribution in [3.8, 4) is 0 Å². The Morgan fingerprint density at radius 3 is 2.05 bits per heavy atom. The van der Waals surface area contributed by atoms with Crippen LogP contribution in [0, 0.1) is 0 Å². The lowest BCUT2D eigenvalue weighted by molar-refractivity contribution is -0.131. The summed E-state index contributed by atoms with van der Waals surface area (Å²) in [6, 6.07) is 17.1. The van der Waals surface area contributed by atoms with E-state index < -0.39 is 11.9 Å². The van der Waals surface area contributed by atoms with Crippen molar-refractivity contribution in [3.63, 3.8) is 0 Å². The third kappa shape index (κ3) is 4.04. The smallest absolute Gasteiger partial charge is 0.329 e. The van der Waals surface area contributed by atoms with Crippen LogP contribution in [0.25, 0.3) is 5.57 Å². The van der Waals surface area contributed by atoms with Crippen LogP contribution < -0.4 is 5.73 Å². The fourth-order valence-corrected chi connectivity index (χ4v) is 2.05. The van der Waals surface area contributed by atoms with Crippen molar-refractivity contribution in [3.05, 3.63) is 77.4 Å².